The van der Waals surface area contributed by atoms with Crippen LogP contribution >= 0.6 is 0 Å². The Labute approximate surface area is 102 Å². The molecule has 2 unspecified atom stereocenters. The molecule has 106 valence electrons. The molecule has 1 amide bonds. The lowest BCUT2D eigenvalue weighted by molar-refractivity contribution is -0.271. The van der Waals surface area contributed by atoms with Gasteiger partial charge in [-0.2, -0.15) is 13.2 Å². The first-order valence-electron chi connectivity index (χ1n) is 5.38. The van der Waals surface area contributed by atoms with E-state index in [4.69, 9.17) is 0 Å². The normalized spacial score (nSPS) is 16.6. The summed E-state index contributed by atoms with van der Waals surface area (Å²) < 4.78 is 42.0. The molecule has 18 heavy (non-hydrogen) atoms. The molecule has 2 atom stereocenters. The Balaban J connectivity index is 5.14. The summed E-state index contributed by atoms with van der Waals surface area (Å²) in [5.74, 6) is -3.80. The predicted octanol–water partition coefficient (Wildman–Crippen LogP) is 0.963. The van der Waals surface area contributed by atoms with Gasteiger partial charge in [-0.1, -0.05) is 13.8 Å². The van der Waals surface area contributed by atoms with Crippen LogP contribution in [-0.2, 0) is 14.3 Å². The minimum absolute atomic E-state index is 0.266. The molecule has 0 aromatic carbocycles. The summed E-state index contributed by atoms with van der Waals surface area (Å²) in [5.41, 5.74) is -4.01. The Morgan fingerprint density at radius 2 is 1.83 bits per heavy atom. The predicted molar refractivity (Wildman–Crippen MR) is 55.2 cm³/mol. The smallest absolute Gasteiger partial charge is 0.448 e. The first-order valence-corrected chi connectivity index (χ1v) is 5.38. The van der Waals surface area contributed by atoms with Crippen molar-refractivity contribution in [2.24, 2.45) is 5.92 Å². The highest BCUT2D eigenvalue weighted by molar-refractivity contribution is 5.88. The molecule has 0 bridgehead atoms. The molecule has 0 aliphatic carbocycles. The standard InChI is InChI=1S/C10H16F3NO4/c1-4-6(3)7(15)14-9(17,10(11,12)13)8(16)18-5-2/h6,17H,4-5H2,1-3H3,(H,14,15). The van der Waals surface area contributed by atoms with Crippen LogP contribution in [0.5, 0.6) is 0 Å². The summed E-state index contributed by atoms with van der Waals surface area (Å²) >= 11 is 0. The Morgan fingerprint density at radius 1 is 1.33 bits per heavy atom. The van der Waals surface area contributed by atoms with E-state index in [0.29, 0.717) is 0 Å². The zero-order valence-corrected chi connectivity index (χ0v) is 10.3. The number of ether oxygens (including phenoxy) is 1. The fourth-order valence-corrected chi connectivity index (χ4v) is 0.960. The van der Waals surface area contributed by atoms with Crippen LogP contribution in [0.2, 0.25) is 0 Å². The number of halogens is 3. The minimum Gasteiger partial charge on any atom is -0.462 e. The maximum atomic E-state index is 12.6. The maximum absolute atomic E-state index is 12.6. The highest BCUT2D eigenvalue weighted by atomic mass is 19.4. The highest BCUT2D eigenvalue weighted by Crippen LogP contribution is 2.29. The molecule has 0 fully saturated rings. The Kier molecular flexibility index (Phi) is 5.59. The number of rotatable bonds is 5. The van der Waals surface area contributed by atoms with E-state index in [-0.39, 0.29) is 13.0 Å². The molecule has 0 radical (unpaired) electrons. The second-order valence-electron chi connectivity index (χ2n) is 3.73. The van der Waals surface area contributed by atoms with Gasteiger partial charge in [0.25, 0.3) is 0 Å². The van der Waals surface area contributed by atoms with Crippen molar-refractivity contribution in [2.45, 2.75) is 39.1 Å². The van der Waals surface area contributed by atoms with Crippen molar-refractivity contribution in [3.8, 4) is 0 Å². The van der Waals surface area contributed by atoms with Crippen LogP contribution in [-0.4, -0.2) is 35.5 Å². The summed E-state index contributed by atoms with van der Waals surface area (Å²) in [6.07, 6.45) is -5.09. The molecule has 0 saturated carbocycles. The third-order valence-corrected chi connectivity index (χ3v) is 2.35. The van der Waals surface area contributed by atoms with Crippen LogP contribution in [0.3, 0.4) is 0 Å². The summed E-state index contributed by atoms with van der Waals surface area (Å²) in [6, 6.07) is 0. The molecule has 0 heterocycles. The Bertz CT molecular complexity index is 319. The van der Waals surface area contributed by atoms with Gasteiger partial charge in [0, 0.05) is 5.92 Å². The quantitative estimate of drug-likeness (QED) is 0.577. The summed E-state index contributed by atoms with van der Waals surface area (Å²) in [6.45, 7) is 3.89. The van der Waals surface area contributed by atoms with Gasteiger partial charge in [0.2, 0.25) is 5.91 Å². The molecule has 5 nitrogen and oxygen atoms in total. The van der Waals surface area contributed by atoms with E-state index in [1.807, 2.05) is 0 Å². The first kappa shape index (κ1) is 16.7. The van der Waals surface area contributed by atoms with Crippen LogP contribution in [0.25, 0.3) is 0 Å². The van der Waals surface area contributed by atoms with E-state index in [1.165, 1.54) is 19.2 Å². The maximum Gasteiger partial charge on any atom is 0.448 e. The molecular weight excluding hydrogens is 255 g/mol. The third-order valence-electron chi connectivity index (χ3n) is 2.35. The summed E-state index contributed by atoms with van der Waals surface area (Å²) in [5, 5.41) is 10.6. The number of esters is 1. The van der Waals surface area contributed by atoms with Crippen molar-refractivity contribution in [1.29, 1.82) is 0 Å². The fraction of sp³-hybridized carbons (Fsp3) is 0.800. The van der Waals surface area contributed by atoms with Crippen molar-refractivity contribution in [1.82, 2.24) is 5.32 Å². The molecule has 0 aromatic rings. The van der Waals surface area contributed by atoms with E-state index in [1.54, 1.807) is 6.92 Å². The van der Waals surface area contributed by atoms with Crippen molar-refractivity contribution in [2.75, 3.05) is 6.61 Å². The molecule has 0 aromatic heterocycles. The fourth-order valence-electron chi connectivity index (χ4n) is 0.960. The molecule has 0 spiro atoms. The molecular formula is C10H16F3NO4. The largest absolute Gasteiger partial charge is 0.462 e. The molecule has 0 aliphatic rings. The average Bonchev–Trinajstić information content (AvgIpc) is 2.26. The SMILES string of the molecule is CCOC(=O)C(O)(NC(=O)C(C)CC)C(F)(F)F. The summed E-state index contributed by atoms with van der Waals surface area (Å²) in [7, 11) is 0. The second kappa shape index (κ2) is 6.03. The van der Waals surface area contributed by atoms with Gasteiger partial charge < -0.3 is 15.2 Å². The number of hydrogen-bond acceptors (Lipinski definition) is 4. The van der Waals surface area contributed by atoms with Gasteiger partial charge in [-0.05, 0) is 13.3 Å². The van der Waals surface area contributed by atoms with Gasteiger partial charge in [-0.15, -0.1) is 0 Å². The lowest BCUT2D eigenvalue weighted by Gasteiger charge is -2.29. The monoisotopic (exact) mass is 271 g/mol. The topological polar surface area (TPSA) is 75.6 Å². The van der Waals surface area contributed by atoms with Gasteiger partial charge in [-0.25, -0.2) is 4.79 Å². The number of alkyl halides is 3. The van der Waals surface area contributed by atoms with E-state index in [2.05, 4.69) is 4.74 Å². The average molecular weight is 271 g/mol. The molecule has 0 aliphatic heterocycles. The van der Waals surface area contributed by atoms with Gasteiger partial charge in [-0.3, -0.25) is 4.79 Å². The van der Waals surface area contributed by atoms with Gasteiger partial charge in [0.15, 0.2) is 0 Å². The van der Waals surface area contributed by atoms with E-state index in [0.717, 1.165) is 0 Å². The van der Waals surface area contributed by atoms with E-state index < -0.39 is 29.7 Å². The van der Waals surface area contributed by atoms with Crippen LogP contribution in [0.4, 0.5) is 13.2 Å². The minimum atomic E-state index is -5.36. The lowest BCUT2D eigenvalue weighted by Crippen LogP contribution is -2.65. The third kappa shape index (κ3) is 3.59. The summed E-state index contributed by atoms with van der Waals surface area (Å²) in [4.78, 5) is 22.5. The van der Waals surface area contributed by atoms with Crippen LogP contribution < -0.4 is 5.32 Å². The Hall–Kier alpha value is -1.31. The van der Waals surface area contributed by atoms with Gasteiger partial charge >= 0.3 is 17.9 Å². The zero-order valence-electron chi connectivity index (χ0n) is 10.3. The molecule has 0 rings (SSSR count). The zero-order chi connectivity index (χ0) is 14.6. The number of aliphatic hydroxyl groups is 1. The number of hydrogen-bond donors (Lipinski definition) is 2. The number of nitrogens with one attached hydrogen (secondary N) is 1. The van der Waals surface area contributed by atoms with Crippen LogP contribution in [0.1, 0.15) is 27.2 Å². The van der Waals surface area contributed by atoms with Crippen molar-refractivity contribution >= 4 is 11.9 Å². The highest BCUT2D eigenvalue weighted by Gasteiger charge is 2.62. The van der Waals surface area contributed by atoms with Crippen LogP contribution in [0.15, 0.2) is 0 Å². The number of carbonyl (C=O) groups excluding carboxylic acids is 2. The van der Waals surface area contributed by atoms with Crippen molar-refractivity contribution < 1.29 is 32.6 Å². The van der Waals surface area contributed by atoms with Gasteiger partial charge in [0.05, 0.1) is 6.61 Å². The van der Waals surface area contributed by atoms with Crippen molar-refractivity contribution in [3.05, 3.63) is 0 Å². The van der Waals surface area contributed by atoms with Gasteiger partial charge in [0.1, 0.15) is 0 Å². The first-order chi connectivity index (χ1) is 8.10. The van der Waals surface area contributed by atoms with E-state index >= 15 is 0 Å². The van der Waals surface area contributed by atoms with Crippen molar-refractivity contribution in [3.63, 3.8) is 0 Å². The molecule has 2 N–H and O–H groups in total. The molecule has 0 saturated heterocycles. The van der Waals surface area contributed by atoms with Crippen LogP contribution in [0, 0.1) is 5.92 Å². The number of amides is 1. The Morgan fingerprint density at radius 3 is 2.17 bits per heavy atom. The molecule has 8 heteroatoms. The number of carbonyl (C=O) groups is 2. The van der Waals surface area contributed by atoms with E-state index in [9.17, 15) is 27.9 Å². The lowest BCUT2D eigenvalue weighted by atomic mass is 10.1. The second-order valence-corrected chi connectivity index (χ2v) is 3.73.